The molecule has 1 unspecified atom stereocenters. The van der Waals surface area contributed by atoms with Gasteiger partial charge in [0.15, 0.2) is 0 Å². The van der Waals surface area contributed by atoms with Gasteiger partial charge < -0.3 is 0 Å². The number of hydrogen-bond donors (Lipinski definition) is 1. The summed E-state index contributed by atoms with van der Waals surface area (Å²) in [6, 6.07) is 0. The first-order valence-electron chi connectivity index (χ1n) is 8.59. The molecule has 0 aliphatic heterocycles. The summed E-state index contributed by atoms with van der Waals surface area (Å²) in [5, 5.41) is 9.38. The fraction of sp³-hybridized carbons (Fsp3) is 0.889. The topological polar surface area (TPSA) is 72.8 Å². The van der Waals surface area contributed by atoms with Crippen LogP contribution in [0, 0.1) is 11.8 Å². The normalized spacial score (nSPS) is 26.2. The van der Waals surface area contributed by atoms with E-state index in [0.717, 1.165) is 0 Å². The van der Waals surface area contributed by atoms with Gasteiger partial charge in [-0.2, -0.15) is 0 Å². The molecule has 0 saturated heterocycles. The van der Waals surface area contributed by atoms with Gasteiger partial charge in [-0.1, -0.05) is 0 Å². The molecule has 0 aromatic carbocycles. The van der Waals surface area contributed by atoms with Crippen LogP contribution in [0.5, 0.6) is 0 Å². The monoisotopic (exact) mass is 489 g/mol. The first kappa shape index (κ1) is 23.0. The van der Waals surface area contributed by atoms with E-state index in [1.807, 2.05) is 20.8 Å². The predicted octanol–water partition coefficient (Wildman–Crippen LogP) is 4.23. The van der Waals surface area contributed by atoms with Crippen molar-refractivity contribution in [1.29, 1.82) is 0 Å². The Morgan fingerprint density at radius 2 is 1.72 bits per heavy atom. The molecule has 5 nitrogen and oxygen atoms in total. The Morgan fingerprint density at radius 1 is 1.16 bits per heavy atom. The van der Waals surface area contributed by atoms with Crippen LogP contribution >= 0.6 is 18.4 Å². The van der Waals surface area contributed by atoms with Gasteiger partial charge in [-0.25, -0.2) is 0 Å². The molecule has 0 aromatic heterocycles. The second kappa shape index (κ2) is 8.78. The SMILES string of the molecule is C[S+](O[C@H]1C[C@@H](C(=O)O)C[C@H]1CC(=O)OC(C)(C)C)I(C)C(C)(C)C. The first-order chi connectivity index (χ1) is 11.2. The summed E-state index contributed by atoms with van der Waals surface area (Å²) in [4.78, 5) is 25.9. The van der Waals surface area contributed by atoms with Gasteiger partial charge in [0.1, 0.15) is 0 Å². The van der Waals surface area contributed by atoms with Gasteiger partial charge >= 0.3 is 161 Å². The average molecular weight is 489 g/mol. The second-order valence-electron chi connectivity index (χ2n) is 8.56. The van der Waals surface area contributed by atoms with Crippen molar-refractivity contribution in [2.75, 3.05) is 11.2 Å². The van der Waals surface area contributed by atoms with Crippen molar-refractivity contribution in [3.8, 4) is 0 Å². The third-order valence-electron chi connectivity index (χ3n) is 4.21. The van der Waals surface area contributed by atoms with Crippen molar-refractivity contribution in [2.45, 2.75) is 75.9 Å². The third-order valence-corrected chi connectivity index (χ3v) is 19.2. The molecule has 1 N–H and O–H groups in total. The molecule has 148 valence electrons. The Morgan fingerprint density at radius 3 is 2.16 bits per heavy atom. The molecule has 0 aromatic rings. The van der Waals surface area contributed by atoms with Crippen LogP contribution in [0.25, 0.3) is 0 Å². The molecule has 0 amide bonds. The molecular weight excluding hydrogens is 455 g/mol. The molecule has 0 radical (unpaired) electrons. The number of carboxylic acid groups (broad SMARTS) is 1. The van der Waals surface area contributed by atoms with Gasteiger partial charge in [-0.15, -0.1) is 0 Å². The molecule has 4 atom stereocenters. The molecule has 1 fully saturated rings. The summed E-state index contributed by atoms with van der Waals surface area (Å²) in [5.41, 5.74) is -0.526. The number of halogens is 1. The summed E-state index contributed by atoms with van der Waals surface area (Å²) >= 11 is -1.33. The van der Waals surface area contributed by atoms with Gasteiger partial charge in [0.05, 0.1) is 0 Å². The summed E-state index contributed by atoms with van der Waals surface area (Å²) in [5.74, 6) is -1.56. The van der Waals surface area contributed by atoms with E-state index in [-0.39, 0.29) is 36.2 Å². The van der Waals surface area contributed by atoms with Crippen LogP contribution in [0.4, 0.5) is 0 Å². The van der Waals surface area contributed by atoms with Crippen molar-refractivity contribution in [3.63, 3.8) is 0 Å². The van der Waals surface area contributed by atoms with Gasteiger partial charge in [0.25, 0.3) is 0 Å². The van der Waals surface area contributed by atoms with E-state index in [9.17, 15) is 14.7 Å². The van der Waals surface area contributed by atoms with E-state index >= 15 is 0 Å². The molecule has 0 bridgehead atoms. The van der Waals surface area contributed by atoms with Crippen molar-refractivity contribution in [1.82, 2.24) is 0 Å². The minimum atomic E-state index is -1.33. The number of alkyl halides is 2. The summed E-state index contributed by atoms with van der Waals surface area (Å²) < 4.78 is 12.0. The molecule has 0 heterocycles. The molecule has 1 aliphatic carbocycles. The van der Waals surface area contributed by atoms with Crippen LogP contribution in [0.1, 0.15) is 60.8 Å². The Hall–Kier alpha value is -0.0200. The van der Waals surface area contributed by atoms with Crippen molar-refractivity contribution >= 4 is 38.7 Å². The summed E-state index contributed by atoms with van der Waals surface area (Å²) in [6.07, 6.45) is 3.19. The van der Waals surface area contributed by atoms with Crippen LogP contribution < -0.4 is 0 Å². The zero-order chi connectivity index (χ0) is 19.6. The molecular formula is C18H34IO5S+. The number of carbonyl (C=O) groups excluding carboxylic acids is 1. The van der Waals surface area contributed by atoms with Gasteiger partial charge in [-0.3, -0.25) is 0 Å². The fourth-order valence-corrected chi connectivity index (χ4v) is 11.4. The fourth-order valence-electron chi connectivity index (χ4n) is 2.77. The van der Waals surface area contributed by atoms with E-state index in [0.29, 0.717) is 12.8 Å². The maximum atomic E-state index is 12.2. The number of carboxylic acids is 1. The molecule has 25 heavy (non-hydrogen) atoms. The van der Waals surface area contributed by atoms with Gasteiger partial charge in [-0.05, 0) is 0 Å². The molecule has 1 saturated carbocycles. The first-order valence-corrected chi connectivity index (χ1v) is 15.9. The molecule has 1 rings (SSSR count). The number of ether oxygens (including phenoxy) is 1. The standard InChI is InChI=1S/C18H33IO5S/c1-17(2,3)19(7)25(8)24-14-10-13(16(21)22)9-12(14)11-15(20)23-18(4,5)6/h12-14H,9-11H2,1-8H3/p+1/t12-,13-,14-,25?/m0/s1. The quantitative estimate of drug-likeness (QED) is 0.262. The van der Waals surface area contributed by atoms with Crippen LogP contribution in [-0.4, -0.2) is 43.4 Å². The Labute approximate surface area is 161 Å². The van der Waals surface area contributed by atoms with E-state index in [1.165, 1.54) is 0 Å². The number of rotatable bonds is 6. The molecule has 0 spiro atoms. The summed E-state index contributed by atoms with van der Waals surface area (Å²) in [6.45, 7) is 12.3. The zero-order valence-electron chi connectivity index (χ0n) is 16.7. The van der Waals surface area contributed by atoms with E-state index in [1.54, 1.807) is 0 Å². The van der Waals surface area contributed by atoms with Crippen LogP contribution in [0.3, 0.4) is 0 Å². The van der Waals surface area contributed by atoms with Crippen molar-refractivity contribution in [3.05, 3.63) is 0 Å². The number of esters is 1. The van der Waals surface area contributed by atoms with Crippen LogP contribution in [0.2, 0.25) is 0 Å². The number of aliphatic carboxylic acids is 1. The third kappa shape index (κ3) is 7.62. The van der Waals surface area contributed by atoms with Crippen molar-refractivity contribution < 1.29 is 23.6 Å². The van der Waals surface area contributed by atoms with E-state index in [4.69, 9.17) is 8.92 Å². The Balaban J connectivity index is 2.78. The maximum absolute atomic E-state index is 12.2. The minimum absolute atomic E-state index is 0.0739. The van der Waals surface area contributed by atoms with E-state index < -0.39 is 35.9 Å². The van der Waals surface area contributed by atoms with Crippen LogP contribution in [-0.2, 0) is 26.9 Å². The zero-order valence-corrected chi connectivity index (χ0v) is 19.7. The van der Waals surface area contributed by atoms with Gasteiger partial charge in [0.2, 0.25) is 0 Å². The van der Waals surface area contributed by atoms with Gasteiger partial charge in [0, 0.05) is 0 Å². The number of hydrogen-bond acceptors (Lipinski definition) is 4. The number of carbonyl (C=O) groups is 2. The predicted molar refractivity (Wildman–Crippen MR) is 112 cm³/mol. The Bertz CT molecular complexity index is 483. The molecule has 1 aliphatic rings. The average Bonchev–Trinajstić information content (AvgIpc) is 2.77. The van der Waals surface area contributed by atoms with E-state index in [2.05, 4.69) is 32.0 Å². The van der Waals surface area contributed by atoms with Crippen molar-refractivity contribution in [2.24, 2.45) is 11.8 Å². The van der Waals surface area contributed by atoms with Crippen LogP contribution in [0.15, 0.2) is 0 Å². The second-order valence-corrected chi connectivity index (χ2v) is 22.0. The summed E-state index contributed by atoms with van der Waals surface area (Å²) in [7, 11) is -0.145. The molecule has 7 heteroatoms. The Kier molecular flexibility index (Phi) is 8.08.